The van der Waals surface area contributed by atoms with Crippen molar-refractivity contribution in [2.24, 2.45) is 12.0 Å². The Kier molecular flexibility index (Phi) is 5.59. The highest BCUT2D eigenvalue weighted by molar-refractivity contribution is 6.02. The van der Waals surface area contributed by atoms with E-state index in [2.05, 4.69) is 61.3 Å². The fourth-order valence-corrected chi connectivity index (χ4v) is 3.41. The van der Waals surface area contributed by atoms with Crippen molar-refractivity contribution in [3.63, 3.8) is 0 Å². The zero-order valence-corrected chi connectivity index (χ0v) is 15.8. The minimum Gasteiger partial charge on any atom is -0.368 e. The lowest BCUT2D eigenvalue weighted by Crippen LogP contribution is -2.18. The average Bonchev–Trinajstić information content (AvgIpc) is 3.27. The van der Waals surface area contributed by atoms with Crippen LogP contribution in [0, 0.1) is 0 Å². The van der Waals surface area contributed by atoms with E-state index in [1.165, 1.54) is 24.8 Å². The predicted molar refractivity (Wildman–Crippen MR) is 104 cm³/mol. The zero-order chi connectivity index (χ0) is 17.8. The van der Waals surface area contributed by atoms with Crippen molar-refractivity contribution >= 4 is 11.4 Å². The van der Waals surface area contributed by atoms with Crippen LogP contribution in [-0.4, -0.2) is 23.0 Å². The van der Waals surface area contributed by atoms with Gasteiger partial charge < -0.3 is 14.6 Å². The van der Waals surface area contributed by atoms with Crippen molar-refractivity contribution in [3.8, 4) is 0 Å². The van der Waals surface area contributed by atoms with Gasteiger partial charge in [-0.3, -0.25) is 4.99 Å². The van der Waals surface area contributed by atoms with Crippen LogP contribution in [-0.2, 0) is 11.8 Å². The standard InChI is InChI=1S/C21H29N3O/c1-5-7-8-10-16-13-18(22-15(16)3)21-20(25-6-2)14-17(23-21)19-11-9-12-24(19)4/h9,11-14,20,23H,5-8,10H2,1-4H3. The number of aryl methyl sites for hydroxylation is 1. The molecule has 3 rings (SSSR count). The lowest BCUT2D eigenvalue weighted by molar-refractivity contribution is 0.121. The van der Waals surface area contributed by atoms with Gasteiger partial charge in [0, 0.05) is 25.6 Å². The normalized spacial score (nSPS) is 22.7. The molecule has 1 unspecified atom stereocenters. The Hall–Kier alpha value is -2.07. The Morgan fingerprint density at radius 1 is 1.28 bits per heavy atom. The molecule has 0 bridgehead atoms. The molecule has 2 aliphatic heterocycles. The summed E-state index contributed by atoms with van der Waals surface area (Å²) >= 11 is 0. The number of ether oxygens (including phenoxy) is 1. The van der Waals surface area contributed by atoms with Crippen LogP contribution in [0.3, 0.4) is 0 Å². The zero-order valence-electron chi connectivity index (χ0n) is 15.8. The first-order valence-electron chi connectivity index (χ1n) is 9.36. The summed E-state index contributed by atoms with van der Waals surface area (Å²) in [6.45, 7) is 7.06. The summed E-state index contributed by atoms with van der Waals surface area (Å²) in [4.78, 5) is 4.82. The molecule has 1 atom stereocenters. The quantitative estimate of drug-likeness (QED) is 0.739. The van der Waals surface area contributed by atoms with Gasteiger partial charge in [0.25, 0.3) is 0 Å². The van der Waals surface area contributed by atoms with Crippen molar-refractivity contribution in [1.82, 2.24) is 9.88 Å². The molecule has 0 aliphatic carbocycles. The smallest absolute Gasteiger partial charge is 0.120 e. The molecule has 134 valence electrons. The minimum absolute atomic E-state index is 0.0623. The average molecular weight is 339 g/mol. The molecule has 0 radical (unpaired) electrons. The van der Waals surface area contributed by atoms with Crippen LogP contribution >= 0.6 is 0 Å². The van der Waals surface area contributed by atoms with Gasteiger partial charge in [0.15, 0.2) is 0 Å². The number of nitrogens with zero attached hydrogens (tertiary/aromatic N) is 2. The third kappa shape index (κ3) is 3.79. The van der Waals surface area contributed by atoms with E-state index in [0.717, 1.165) is 34.9 Å². The third-order valence-electron chi connectivity index (χ3n) is 4.83. The Balaban J connectivity index is 1.86. The summed E-state index contributed by atoms with van der Waals surface area (Å²) < 4.78 is 8.08. The summed E-state index contributed by atoms with van der Waals surface area (Å²) in [7, 11) is 2.06. The molecule has 25 heavy (non-hydrogen) atoms. The molecule has 0 aromatic carbocycles. The maximum absolute atomic E-state index is 5.96. The summed E-state index contributed by atoms with van der Waals surface area (Å²) in [5.74, 6) is 0. The van der Waals surface area contributed by atoms with E-state index in [4.69, 9.17) is 9.73 Å². The molecule has 1 N–H and O–H groups in total. The first-order chi connectivity index (χ1) is 12.1. The van der Waals surface area contributed by atoms with Crippen LogP contribution < -0.4 is 5.32 Å². The van der Waals surface area contributed by atoms with Crippen molar-refractivity contribution in [2.75, 3.05) is 6.61 Å². The second kappa shape index (κ2) is 7.87. The van der Waals surface area contributed by atoms with Gasteiger partial charge in [-0.05, 0) is 56.5 Å². The highest BCUT2D eigenvalue weighted by Gasteiger charge is 2.27. The van der Waals surface area contributed by atoms with Gasteiger partial charge in [-0.2, -0.15) is 0 Å². The number of allylic oxidation sites excluding steroid dienone is 2. The molecular formula is C21H29N3O. The topological polar surface area (TPSA) is 38.5 Å². The number of hydrogen-bond donors (Lipinski definition) is 1. The van der Waals surface area contributed by atoms with Gasteiger partial charge in [0.05, 0.1) is 22.8 Å². The fraction of sp³-hybridized carbons (Fsp3) is 0.476. The second-order valence-electron chi connectivity index (χ2n) is 6.71. The van der Waals surface area contributed by atoms with Gasteiger partial charge in [0.1, 0.15) is 6.10 Å². The summed E-state index contributed by atoms with van der Waals surface area (Å²) in [6.07, 6.45) is 11.3. The third-order valence-corrected chi connectivity index (χ3v) is 4.83. The van der Waals surface area contributed by atoms with Crippen LogP contribution in [0.15, 0.2) is 52.4 Å². The van der Waals surface area contributed by atoms with Crippen LogP contribution in [0.2, 0.25) is 0 Å². The maximum atomic E-state index is 5.96. The molecule has 0 saturated heterocycles. The molecule has 0 fully saturated rings. The fourth-order valence-electron chi connectivity index (χ4n) is 3.41. The molecule has 3 heterocycles. The van der Waals surface area contributed by atoms with Crippen LogP contribution in [0.5, 0.6) is 0 Å². The first kappa shape index (κ1) is 17.7. The van der Waals surface area contributed by atoms with Crippen LogP contribution in [0.25, 0.3) is 5.70 Å². The van der Waals surface area contributed by atoms with Gasteiger partial charge in [-0.1, -0.05) is 19.8 Å². The lowest BCUT2D eigenvalue weighted by atomic mass is 10.0. The number of aliphatic imine (C=N–C) groups is 1. The largest absolute Gasteiger partial charge is 0.368 e. The molecule has 0 saturated carbocycles. The molecule has 0 spiro atoms. The molecule has 4 heteroatoms. The van der Waals surface area contributed by atoms with Gasteiger partial charge >= 0.3 is 0 Å². The number of hydrogen-bond acceptors (Lipinski definition) is 3. The highest BCUT2D eigenvalue weighted by atomic mass is 16.5. The van der Waals surface area contributed by atoms with Crippen LogP contribution in [0.1, 0.15) is 52.1 Å². The summed E-state index contributed by atoms with van der Waals surface area (Å²) in [5, 5.41) is 3.56. The van der Waals surface area contributed by atoms with Crippen molar-refractivity contribution in [1.29, 1.82) is 0 Å². The predicted octanol–water partition coefficient (Wildman–Crippen LogP) is 4.57. The highest BCUT2D eigenvalue weighted by Crippen LogP contribution is 2.31. The molecule has 1 aromatic heterocycles. The van der Waals surface area contributed by atoms with E-state index in [0.29, 0.717) is 6.61 Å². The summed E-state index contributed by atoms with van der Waals surface area (Å²) in [5.41, 5.74) is 6.83. The van der Waals surface area contributed by atoms with Gasteiger partial charge in [-0.15, -0.1) is 0 Å². The minimum atomic E-state index is -0.0623. The number of unbranched alkanes of at least 4 members (excludes halogenated alkanes) is 2. The molecule has 2 aliphatic rings. The van der Waals surface area contributed by atoms with Crippen molar-refractivity contribution < 1.29 is 4.74 Å². The monoisotopic (exact) mass is 339 g/mol. The van der Waals surface area contributed by atoms with Crippen molar-refractivity contribution in [3.05, 3.63) is 53.1 Å². The van der Waals surface area contributed by atoms with Crippen molar-refractivity contribution in [2.45, 2.75) is 52.6 Å². The molecule has 0 amide bonds. The number of aromatic nitrogens is 1. The van der Waals surface area contributed by atoms with E-state index in [-0.39, 0.29) is 6.10 Å². The molecular weight excluding hydrogens is 310 g/mol. The van der Waals surface area contributed by atoms with E-state index >= 15 is 0 Å². The van der Waals surface area contributed by atoms with Crippen LogP contribution in [0.4, 0.5) is 0 Å². The van der Waals surface area contributed by atoms with E-state index in [1.54, 1.807) is 0 Å². The first-order valence-corrected chi connectivity index (χ1v) is 9.36. The van der Waals surface area contributed by atoms with E-state index in [1.807, 2.05) is 6.92 Å². The Bertz CT molecular complexity index is 749. The summed E-state index contributed by atoms with van der Waals surface area (Å²) in [6, 6.07) is 4.17. The lowest BCUT2D eigenvalue weighted by Gasteiger charge is -2.13. The van der Waals surface area contributed by atoms with E-state index in [9.17, 15) is 0 Å². The Labute approximate surface area is 151 Å². The maximum Gasteiger partial charge on any atom is 0.120 e. The van der Waals surface area contributed by atoms with E-state index < -0.39 is 0 Å². The second-order valence-corrected chi connectivity index (χ2v) is 6.71. The molecule has 4 nitrogen and oxygen atoms in total. The molecule has 1 aromatic rings. The Morgan fingerprint density at radius 3 is 2.80 bits per heavy atom. The SMILES string of the molecule is CCCCCC1=CC(=C2NC(c3cccn3C)=CC2OCC)N=C1C. The van der Waals surface area contributed by atoms with Gasteiger partial charge in [-0.25, -0.2) is 0 Å². The number of rotatable bonds is 7. The Morgan fingerprint density at radius 2 is 2.12 bits per heavy atom. The number of nitrogens with one attached hydrogen (secondary N) is 1. The van der Waals surface area contributed by atoms with Gasteiger partial charge in [0.2, 0.25) is 0 Å².